The van der Waals surface area contributed by atoms with E-state index in [0.717, 1.165) is 12.1 Å². The molecular weight excluding hydrogens is 258 g/mol. The fourth-order valence-electron chi connectivity index (χ4n) is 1.63. The summed E-state index contributed by atoms with van der Waals surface area (Å²) in [4.78, 5) is 11.6. The molecule has 1 rings (SSSR count). The molecule has 104 valence electrons. The first kappa shape index (κ1) is 15.4. The lowest BCUT2D eigenvalue weighted by Gasteiger charge is -2.16. The Morgan fingerprint density at radius 2 is 2.11 bits per heavy atom. The number of amides is 1. The molecule has 0 radical (unpaired) electrons. The highest BCUT2D eigenvalue weighted by Crippen LogP contribution is 2.10. The van der Waals surface area contributed by atoms with E-state index in [1.54, 1.807) is 6.92 Å². The molecule has 0 heterocycles. The summed E-state index contributed by atoms with van der Waals surface area (Å²) in [6.07, 6.45) is 0.977. The fraction of sp³-hybridized carbons (Fsp3) is 0.429. The van der Waals surface area contributed by atoms with E-state index < -0.39 is 0 Å². The molecule has 1 atom stereocenters. The third kappa shape index (κ3) is 5.26. The van der Waals surface area contributed by atoms with Gasteiger partial charge in [0.2, 0.25) is 5.91 Å². The lowest BCUT2D eigenvalue weighted by atomic mass is 10.1. The molecule has 1 aromatic rings. The predicted octanol–water partition coefficient (Wildman–Crippen LogP) is 2.06. The summed E-state index contributed by atoms with van der Waals surface area (Å²) < 4.78 is 0. The van der Waals surface area contributed by atoms with Crippen LogP contribution in [-0.2, 0) is 11.2 Å². The van der Waals surface area contributed by atoms with Crippen LogP contribution in [-0.4, -0.2) is 23.6 Å². The van der Waals surface area contributed by atoms with Crippen molar-refractivity contribution in [3.8, 4) is 0 Å². The number of rotatable bonds is 5. The largest absolute Gasteiger partial charge is 0.355 e. The van der Waals surface area contributed by atoms with Gasteiger partial charge in [-0.25, -0.2) is 0 Å². The second-order valence-electron chi connectivity index (χ2n) is 4.27. The van der Waals surface area contributed by atoms with Crippen molar-refractivity contribution >= 4 is 28.9 Å². The second-order valence-corrected chi connectivity index (χ2v) is 4.68. The van der Waals surface area contributed by atoms with Crippen LogP contribution in [0.3, 0.4) is 0 Å². The first-order valence-electron chi connectivity index (χ1n) is 6.51. The maximum atomic E-state index is 11.6. The van der Waals surface area contributed by atoms with Gasteiger partial charge in [0, 0.05) is 12.2 Å². The van der Waals surface area contributed by atoms with Gasteiger partial charge >= 0.3 is 0 Å². The summed E-state index contributed by atoms with van der Waals surface area (Å²) in [5.41, 5.74) is 2.17. The monoisotopic (exact) mass is 279 g/mol. The van der Waals surface area contributed by atoms with Crippen LogP contribution in [0, 0.1) is 0 Å². The minimum absolute atomic E-state index is 0.0611. The van der Waals surface area contributed by atoms with Crippen LogP contribution in [0.15, 0.2) is 24.3 Å². The summed E-state index contributed by atoms with van der Waals surface area (Å²) in [7, 11) is 0. The van der Waals surface area contributed by atoms with E-state index >= 15 is 0 Å². The Morgan fingerprint density at radius 3 is 2.74 bits per heavy atom. The standard InChI is InChI=1S/C14H21N3OS/c1-4-11-7-6-8-12(9-11)17-14(19)16-10(3)13(18)15-5-2/h6-10H,4-5H2,1-3H3,(H,15,18)(H2,16,17,19)/t10-/m1/s1. The van der Waals surface area contributed by atoms with Crippen molar-refractivity contribution in [3.05, 3.63) is 29.8 Å². The van der Waals surface area contributed by atoms with Crippen molar-refractivity contribution in [1.29, 1.82) is 0 Å². The Labute approximate surface area is 120 Å². The summed E-state index contributed by atoms with van der Waals surface area (Å²) in [6, 6.07) is 7.69. The smallest absolute Gasteiger partial charge is 0.242 e. The van der Waals surface area contributed by atoms with Gasteiger partial charge in [-0.1, -0.05) is 19.1 Å². The highest BCUT2D eigenvalue weighted by Gasteiger charge is 2.12. The summed E-state index contributed by atoms with van der Waals surface area (Å²) in [6.45, 7) is 6.38. The number of nitrogens with one attached hydrogen (secondary N) is 3. The number of hydrogen-bond acceptors (Lipinski definition) is 2. The van der Waals surface area contributed by atoms with Gasteiger partial charge < -0.3 is 16.0 Å². The number of likely N-dealkylation sites (N-methyl/N-ethyl adjacent to an activating group) is 1. The lowest BCUT2D eigenvalue weighted by Crippen LogP contribution is -2.46. The van der Waals surface area contributed by atoms with E-state index in [4.69, 9.17) is 12.2 Å². The summed E-state index contributed by atoms with van der Waals surface area (Å²) in [5.74, 6) is -0.0611. The molecule has 0 saturated heterocycles. The zero-order valence-electron chi connectivity index (χ0n) is 11.6. The van der Waals surface area contributed by atoms with E-state index in [2.05, 4.69) is 28.9 Å². The van der Waals surface area contributed by atoms with Gasteiger partial charge in [0.1, 0.15) is 6.04 Å². The Balaban J connectivity index is 2.52. The van der Waals surface area contributed by atoms with Crippen molar-refractivity contribution in [3.63, 3.8) is 0 Å². The topological polar surface area (TPSA) is 53.2 Å². The minimum atomic E-state index is -0.352. The number of aryl methyl sites for hydroxylation is 1. The molecule has 3 N–H and O–H groups in total. The van der Waals surface area contributed by atoms with Crippen molar-refractivity contribution < 1.29 is 4.79 Å². The molecule has 0 aliphatic rings. The Hall–Kier alpha value is -1.62. The number of thiocarbonyl (C=S) groups is 1. The fourth-order valence-corrected chi connectivity index (χ4v) is 1.92. The number of hydrogen-bond donors (Lipinski definition) is 3. The van der Waals surface area contributed by atoms with E-state index in [0.29, 0.717) is 11.7 Å². The van der Waals surface area contributed by atoms with Gasteiger partial charge in [-0.3, -0.25) is 4.79 Å². The van der Waals surface area contributed by atoms with E-state index in [-0.39, 0.29) is 11.9 Å². The highest BCUT2D eigenvalue weighted by atomic mass is 32.1. The first-order chi connectivity index (χ1) is 9.06. The van der Waals surface area contributed by atoms with Crippen LogP contribution in [0.5, 0.6) is 0 Å². The highest BCUT2D eigenvalue weighted by molar-refractivity contribution is 7.80. The lowest BCUT2D eigenvalue weighted by molar-refractivity contribution is -0.122. The molecular formula is C14H21N3OS. The van der Waals surface area contributed by atoms with Gasteiger partial charge in [0.05, 0.1) is 0 Å². The van der Waals surface area contributed by atoms with Crippen molar-refractivity contribution in [2.75, 3.05) is 11.9 Å². The average molecular weight is 279 g/mol. The normalized spacial score (nSPS) is 11.5. The van der Waals surface area contributed by atoms with Crippen LogP contribution in [0.4, 0.5) is 5.69 Å². The van der Waals surface area contributed by atoms with Gasteiger partial charge in [-0.15, -0.1) is 0 Å². The van der Waals surface area contributed by atoms with E-state index in [9.17, 15) is 4.79 Å². The molecule has 0 unspecified atom stereocenters. The molecule has 0 spiro atoms. The zero-order chi connectivity index (χ0) is 14.3. The third-order valence-corrected chi connectivity index (χ3v) is 2.90. The molecule has 0 aliphatic carbocycles. The number of anilines is 1. The molecule has 0 fully saturated rings. The van der Waals surface area contributed by atoms with Crippen LogP contribution in [0.25, 0.3) is 0 Å². The van der Waals surface area contributed by atoms with Gasteiger partial charge in [0.25, 0.3) is 0 Å². The molecule has 0 saturated carbocycles. The summed E-state index contributed by atoms with van der Waals surface area (Å²) in [5, 5.41) is 9.24. The molecule has 4 nitrogen and oxygen atoms in total. The van der Waals surface area contributed by atoms with E-state index in [1.165, 1.54) is 5.56 Å². The maximum Gasteiger partial charge on any atom is 0.242 e. The third-order valence-electron chi connectivity index (χ3n) is 2.68. The molecule has 5 heteroatoms. The van der Waals surface area contributed by atoms with Crippen LogP contribution >= 0.6 is 12.2 Å². The predicted molar refractivity (Wildman–Crippen MR) is 83.3 cm³/mol. The molecule has 1 amide bonds. The molecule has 0 bridgehead atoms. The maximum absolute atomic E-state index is 11.6. The molecule has 0 aromatic heterocycles. The summed E-state index contributed by atoms with van der Waals surface area (Å²) >= 11 is 5.19. The molecule has 19 heavy (non-hydrogen) atoms. The second kappa shape index (κ2) is 7.74. The van der Waals surface area contributed by atoms with E-state index in [1.807, 2.05) is 25.1 Å². The molecule has 0 aliphatic heterocycles. The van der Waals surface area contributed by atoms with Crippen LogP contribution in [0.2, 0.25) is 0 Å². The first-order valence-corrected chi connectivity index (χ1v) is 6.91. The van der Waals surface area contributed by atoms with Gasteiger partial charge in [-0.2, -0.15) is 0 Å². The quantitative estimate of drug-likeness (QED) is 0.722. The van der Waals surface area contributed by atoms with Crippen molar-refractivity contribution in [1.82, 2.24) is 10.6 Å². The van der Waals surface area contributed by atoms with Crippen molar-refractivity contribution in [2.24, 2.45) is 0 Å². The number of carbonyl (C=O) groups excluding carboxylic acids is 1. The minimum Gasteiger partial charge on any atom is -0.355 e. The van der Waals surface area contributed by atoms with Crippen molar-refractivity contribution in [2.45, 2.75) is 33.2 Å². The molecule has 1 aromatic carbocycles. The van der Waals surface area contributed by atoms with Crippen LogP contribution in [0.1, 0.15) is 26.3 Å². The van der Waals surface area contributed by atoms with Gasteiger partial charge in [0.15, 0.2) is 5.11 Å². The Bertz CT molecular complexity index is 448. The SMILES string of the molecule is CCNC(=O)[C@@H](C)NC(=S)Nc1cccc(CC)c1. The zero-order valence-corrected chi connectivity index (χ0v) is 12.4. The Kier molecular flexibility index (Phi) is 6.29. The van der Waals surface area contributed by atoms with Gasteiger partial charge in [-0.05, 0) is 50.2 Å². The Morgan fingerprint density at radius 1 is 1.37 bits per heavy atom. The number of carbonyl (C=O) groups is 1. The average Bonchev–Trinajstić information content (AvgIpc) is 2.39. The van der Waals surface area contributed by atoms with Crippen LogP contribution < -0.4 is 16.0 Å². The number of benzene rings is 1.